The third-order valence-corrected chi connectivity index (χ3v) is 5.26. The number of halogens is 15. The van der Waals surface area contributed by atoms with E-state index in [1.807, 2.05) is 0 Å². The zero-order valence-electron chi connectivity index (χ0n) is 18.3. The first kappa shape index (κ1) is 32.2. The number of unbranched alkanes of at least 4 members (excludes halogenated alkanes) is 1. The molecular formula is C20H19F15O. The lowest BCUT2D eigenvalue weighted by Crippen LogP contribution is -2.72. The average molecular weight is 560 g/mol. The second kappa shape index (κ2) is 10.1. The van der Waals surface area contributed by atoms with Gasteiger partial charge in [0.05, 0.1) is 6.10 Å². The van der Waals surface area contributed by atoms with Crippen molar-refractivity contribution in [2.75, 3.05) is 7.11 Å². The number of hydrogen-bond acceptors (Lipinski definition) is 1. The Kier molecular flexibility index (Phi) is 9.04. The van der Waals surface area contributed by atoms with Crippen molar-refractivity contribution in [1.82, 2.24) is 0 Å². The van der Waals surface area contributed by atoms with E-state index in [0.717, 1.165) is 12.1 Å². The van der Waals surface area contributed by atoms with E-state index in [4.69, 9.17) is 0 Å². The maximum absolute atomic E-state index is 14.3. The molecule has 210 valence electrons. The highest BCUT2D eigenvalue weighted by Gasteiger charge is 2.93. The molecule has 0 aliphatic heterocycles. The van der Waals surface area contributed by atoms with Gasteiger partial charge in [0.25, 0.3) is 0 Å². The van der Waals surface area contributed by atoms with Crippen molar-refractivity contribution >= 4 is 0 Å². The van der Waals surface area contributed by atoms with Crippen LogP contribution in [0.3, 0.4) is 0 Å². The first-order valence-corrected chi connectivity index (χ1v) is 9.91. The molecule has 0 fully saturated rings. The molecular weight excluding hydrogens is 541 g/mol. The molecule has 0 aromatic heterocycles. The summed E-state index contributed by atoms with van der Waals surface area (Å²) in [5.74, 6) is -46.6. The minimum Gasteiger partial charge on any atom is -0.377 e. The number of hydrogen-bond donors (Lipinski definition) is 0. The third-order valence-electron chi connectivity index (χ3n) is 5.26. The van der Waals surface area contributed by atoms with Crippen LogP contribution in [0.1, 0.15) is 43.4 Å². The largest absolute Gasteiger partial charge is 0.460 e. The lowest BCUT2D eigenvalue weighted by Gasteiger charge is -2.42. The van der Waals surface area contributed by atoms with E-state index in [-0.39, 0.29) is 5.56 Å². The Balaban J connectivity index is 3.45. The molecule has 0 amide bonds. The molecule has 0 saturated heterocycles. The maximum atomic E-state index is 14.3. The normalized spacial score (nSPS) is 15.8. The highest BCUT2D eigenvalue weighted by Crippen LogP contribution is 2.63. The monoisotopic (exact) mass is 560 g/mol. The molecule has 0 N–H and O–H groups in total. The van der Waals surface area contributed by atoms with Gasteiger partial charge in [-0.25, -0.2) is 0 Å². The minimum atomic E-state index is -8.30. The van der Waals surface area contributed by atoms with Crippen molar-refractivity contribution in [3.63, 3.8) is 0 Å². The summed E-state index contributed by atoms with van der Waals surface area (Å²) in [7, 11) is 0.627. The highest BCUT2D eigenvalue weighted by molar-refractivity contribution is 5.26. The molecule has 1 aromatic rings. The second-order valence-corrected chi connectivity index (χ2v) is 7.85. The van der Waals surface area contributed by atoms with Gasteiger partial charge in [0.15, 0.2) is 0 Å². The van der Waals surface area contributed by atoms with E-state index in [1.54, 1.807) is 6.92 Å². The predicted molar refractivity (Wildman–Crippen MR) is 95.2 cm³/mol. The summed E-state index contributed by atoms with van der Waals surface area (Å²) < 4.78 is 205. The number of aryl methyl sites for hydroxylation is 1. The molecule has 1 rings (SSSR count). The Morgan fingerprint density at radius 2 is 1.17 bits per heavy atom. The fraction of sp³-hybridized carbons (Fsp3) is 0.700. The van der Waals surface area contributed by atoms with E-state index >= 15 is 0 Å². The van der Waals surface area contributed by atoms with Crippen LogP contribution in [-0.4, -0.2) is 48.8 Å². The van der Waals surface area contributed by atoms with Gasteiger partial charge < -0.3 is 4.74 Å². The molecule has 1 aromatic carbocycles. The second-order valence-electron chi connectivity index (χ2n) is 7.85. The molecule has 16 heteroatoms. The van der Waals surface area contributed by atoms with Crippen LogP contribution in [0.2, 0.25) is 0 Å². The van der Waals surface area contributed by atoms with Crippen LogP contribution in [0.25, 0.3) is 0 Å². The standard InChI is InChI=1S/C20H19F15O/c1-3-4-6-11-7-5-8-12(9-11)13(36-2)10-14(21,22)15(23,24)16(25,26)17(27,28)18(29,30)19(31,32)20(33,34)35/h5,7-9,13H,3-4,6,10H2,1-2H3. The molecule has 1 atom stereocenters. The van der Waals surface area contributed by atoms with Crippen molar-refractivity contribution in [3.05, 3.63) is 35.4 Å². The Bertz CT molecular complexity index is 876. The van der Waals surface area contributed by atoms with Gasteiger partial charge in [-0.2, -0.15) is 65.9 Å². The lowest BCUT2D eigenvalue weighted by atomic mass is 9.88. The first-order valence-electron chi connectivity index (χ1n) is 9.91. The lowest BCUT2D eigenvalue weighted by molar-refractivity contribution is -0.453. The van der Waals surface area contributed by atoms with Gasteiger partial charge in [0.2, 0.25) is 0 Å². The molecule has 1 nitrogen and oxygen atoms in total. The van der Waals surface area contributed by atoms with E-state index in [1.165, 1.54) is 12.1 Å². The minimum absolute atomic E-state index is 0.342. The predicted octanol–water partition coefficient (Wildman–Crippen LogP) is 8.48. The van der Waals surface area contributed by atoms with Gasteiger partial charge in [-0.05, 0) is 24.0 Å². The molecule has 0 spiro atoms. The van der Waals surface area contributed by atoms with Gasteiger partial charge in [-0.1, -0.05) is 37.6 Å². The highest BCUT2D eigenvalue weighted by atomic mass is 19.4. The van der Waals surface area contributed by atoms with Gasteiger partial charge in [0.1, 0.15) is 0 Å². The van der Waals surface area contributed by atoms with Crippen molar-refractivity contribution in [3.8, 4) is 0 Å². The summed E-state index contributed by atoms with van der Waals surface area (Å²) >= 11 is 0. The zero-order valence-corrected chi connectivity index (χ0v) is 18.3. The third kappa shape index (κ3) is 5.23. The molecule has 1 unspecified atom stereocenters. The smallest absolute Gasteiger partial charge is 0.377 e. The molecule has 0 aliphatic rings. The molecule has 0 saturated carbocycles. The van der Waals surface area contributed by atoms with Crippen LogP contribution in [0, 0.1) is 0 Å². The summed E-state index contributed by atoms with van der Waals surface area (Å²) in [5.41, 5.74) is 0.1000. The van der Waals surface area contributed by atoms with Gasteiger partial charge in [-0.15, -0.1) is 0 Å². The number of rotatable bonds is 12. The van der Waals surface area contributed by atoms with Gasteiger partial charge in [-0.3, -0.25) is 0 Å². The molecule has 0 heterocycles. The van der Waals surface area contributed by atoms with E-state index in [2.05, 4.69) is 4.74 Å². The maximum Gasteiger partial charge on any atom is 0.460 e. The van der Waals surface area contributed by atoms with Crippen molar-refractivity contribution < 1.29 is 70.6 Å². The van der Waals surface area contributed by atoms with Crippen LogP contribution >= 0.6 is 0 Å². The Labute approximate surface area is 194 Å². The number of ether oxygens (including phenoxy) is 1. The summed E-state index contributed by atoms with van der Waals surface area (Å²) in [6.07, 6.45) is -10.8. The van der Waals surface area contributed by atoms with Gasteiger partial charge >= 0.3 is 41.7 Å². The Hall–Kier alpha value is -1.87. The van der Waals surface area contributed by atoms with Crippen molar-refractivity contribution in [2.45, 2.75) is 80.4 Å². The SMILES string of the molecule is CCCCc1cccc(C(CC(F)(F)C(F)(F)C(F)(F)C(F)(F)C(F)(F)C(F)(F)C(F)(F)F)OC)c1. The topological polar surface area (TPSA) is 9.23 Å². The summed E-state index contributed by atoms with van der Waals surface area (Å²) in [6.45, 7) is 1.79. The van der Waals surface area contributed by atoms with Crippen LogP contribution in [0.5, 0.6) is 0 Å². The number of benzene rings is 1. The van der Waals surface area contributed by atoms with Crippen LogP contribution in [0.15, 0.2) is 24.3 Å². The summed E-state index contributed by atoms with van der Waals surface area (Å²) in [5, 5.41) is 0. The first-order chi connectivity index (χ1) is 16.0. The van der Waals surface area contributed by atoms with E-state index < -0.39 is 54.2 Å². The van der Waals surface area contributed by atoms with Gasteiger partial charge in [0, 0.05) is 13.5 Å². The molecule has 0 radical (unpaired) electrons. The van der Waals surface area contributed by atoms with E-state index in [0.29, 0.717) is 31.9 Å². The van der Waals surface area contributed by atoms with Crippen molar-refractivity contribution in [1.29, 1.82) is 0 Å². The fourth-order valence-electron chi connectivity index (χ4n) is 3.03. The zero-order chi connectivity index (χ0) is 28.6. The van der Waals surface area contributed by atoms with Crippen LogP contribution in [-0.2, 0) is 11.2 Å². The molecule has 0 bridgehead atoms. The van der Waals surface area contributed by atoms with Crippen LogP contribution in [0.4, 0.5) is 65.9 Å². The fourth-order valence-corrected chi connectivity index (χ4v) is 3.03. The summed E-state index contributed by atoms with van der Waals surface area (Å²) in [6, 6.07) is 4.83. The molecule has 36 heavy (non-hydrogen) atoms. The van der Waals surface area contributed by atoms with Crippen LogP contribution < -0.4 is 0 Å². The molecule has 0 aliphatic carbocycles. The summed E-state index contributed by atoms with van der Waals surface area (Å²) in [4.78, 5) is 0. The van der Waals surface area contributed by atoms with E-state index in [9.17, 15) is 65.9 Å². The number of alkyl halides is 15. The Morgan fingerprint density at radius 1 is 0.694 bits per heavy atom. The quantitative estimate of drug-likeness (QED) is 0.233. The van der Waals surface area contributed by atoms with Crippen molar-refractivity contribution in [2.24, 2.45) is 0 Å². The Morgan fingerprint density at radius 3 is 1.61 bits per heavy atom. The number of methoxy groups -OCH3 is 1. The average Bonchev–Trinajstić information content (AvgIpc) is 2.74.